The fourth-order valence-electron chi connectivity index (χ4n) is 2.66. The number of hydrogen-bond donors (Lipinski definition) is 1. The fourth-order valence-corrected chi connectivity index (χ4v) is 3.99. The van der Waals surface area contributed by atoms with E-state index in [-0.39, 0.29) is 15.8 Å². The molecule has 0 heterocycles. The highest BCUT2D eigenvalue weighted by molar-refractivity contribution is 7.92. The van der Waals surface area contributed by atoms with Gasteiger partial charge in [-0.3, -0.25) is 9.52 Å². The van der Waals surface area contributed by atoms with Crippen LogP contribution in [0.2, 0.25) is 5.02 Å². The van der Waals surface area contributed by atoms with Gasteiger partial charge in [-0.2, -0.15) is 0 Å². The molecule has 2 aromatic rings. The van der Waals surface area contributed by atoms with E-state index in [4.69, 9.17) is 11.6 Å². The van der Waals surface area contributed by atoms with Crippen LogP contribution in [0, 0.1) is 5.82 Å². The molecule has 1 aliphatic rings. The monoisotopic (exact) mass is 396 g/mol. The second-order valence-corrected chi connectivity index (χ2v) is 8.17. The van der Waals surface area contributed by atoms with Crippen molar-refractivity contribution in [2.45, 2.75) is 30.7 Å². The highest BCUT2D eigenvalue weighted by Crippen LogP contribution is 2.28. The quantitative estimate of drug-likeness (QED) is 0.805. The van der Waals surface area contributed by atoms with Crippen LogP contribution in [-0.2, 0) is 10.0 Å². The second-order valence-electron chi connectivity index (χ2n) is 6.08. The summed E-state index contributed by atoms with van der Waals surface area (Å²) in [5.74, 6) is -0.751. The van der Waals surface area contributed by atoms with E-state index in [1.807, 2.05) is 11.8 Å². The van der Waals surface area contributed by atoms with Crippen molar-refractivity contribution in [2.24, 2.45) is 0 Å². The number of nitrogens with zero attached hydrogens (tertiary/aromatic N) is 1. The van der Waals surface area contributed by atoms with Crippen LogP contribution in [0.5, 0.6) is 0 Å². The average molecular weight is 397 g/mol. The molecule has 0 radical (unpaired) electrons. The van der Waals surface area contributed by atoms with E-state index >= 15 is 0 Å². The first kappa shape index (κ1) is 18.7. The Bertz CT molecular complexity index is 928. The van der Waals surface area contributed by atoms with Crippen molar-refractivity contribution >= 4 is 33.2 Å². The molecule has 0 bridgehead atoms. The standard InChI is InChI=1S/C18H18ClFN2O3S/c1-2-22(14-7-8-14)18(23)12-3-5-13(6-4-12)21-26(24,25)15-9-10-17(20)16(19)11-15/h3-6,9-11,14,21H,2,7-8H2,1H3. The lowest BCUT2D eigenvalue weighted by atomic mass is 10.2. The fraction of sp³-hybridized carbons (Fsp3) is 0.278. The van der Waals surface area contributed by atoms with Gasteiger partial charge in [-0.05, 0) is 62.2 Å². The van der Waals surface area contributed by atoms with Gasteiger partial charge in [-0.15, -0.1) is 0 Å². The molecule has 3 rings (SSSR count). The molecule has 0 atom stereocenters. The Morgan fingerprint density at radius 3 is 2.42 bits per heavy atom. The molecule has 1 aliphatic carbocycles. The van der Waals surface area contributed by atoms with Gasteiger partial charge >= 0.3 is 0 Å². The van der Waals surface area contributed by atoms with Crippen LogP contribution in [0.1, 0.15) is 30.1 Å². The molecule has 2 aromatic carbocycles. The maximum atomic E-state index is 13.2. The predicted molar refractivity (Wildman–Crippen MR) is 98.4 cm³/mol. The first-order valence-corrected chi connectivity index (χ1v) is 10.1. The summed E-state index contributed by atoms with van der Waals surface area (Å²) in [5.41, 5.74) is 0.808. The Hall–Kier alpha value is -2.12. The summed E-state index contributed by atoms with van der Waals surface area (Å²) in [6.45, 7) is 2.58. The second kappa shape index (κ2) is 7.25. The van der Waals surface area contributed by atoms with E-state index in [9.17, 15) is 17.6 Å². The number of benzene rings is 2. The van der Waals surface area contributed by atoms with Crippen molar-refractivity contribution in [1.82, 2.24) is 4.90 Å². The SMILES string of the molecule is CCN(C(=O)c1ccc(NS(=O)(=O)c2ccc(F)c(Cl)c2)cc1)C1CC1. The third-order valence-corrected chi connectivity index (χ3v) is 5.84. The lowest BCUT2D eigenvalue weighted by Gasteiger charge is -2.20. The number of rotatable bonds is 6. The molecule has 0 saturated heterocycles. The van der Waals surface area contributed by atoms with Crippen molar-refractivity contribution in [3.8, 4) is 0 Å². The minimum absolute atomic E-state index is 0.0604. The van der Waals surface area contributed by atoms with Gasteiger partial charge in [0.1, 0.15) is 5.82 Å². The number of amides is 1. The molecule has 1 N–H and O–H groups in total. The number of carbonyl (C=O) groups excluding carboxylic acids is 1. The van der Waals surface area contributed by atoms with Crippen LogP contribution in [0.3, 0.4) is 0 Å². The van der Waals surface area contributed by atoms with Gasteiger partial charge < -0.3 is 4.90 Å². The van der Waals surface area contributed by atoms with E-state index < -0.39 is 15.8 Å². The first-order valence-electron chi connectivity index (χ1n) is 8.20. The highest BCUT2D eigenvalue weighted by Gasteiger charge is 2.31. The Labute approximate surface area is 156 Å². The third-order valence-electron chi connectivity index (χ3n) is 4.17. The zero-order chi connectivity index (χ0) is 18.9. The summed E-state index contributed by atoms with van der Waals surface area (Å²) in [5, 5.41) is -0.270. The number of halogens is 2. The van der Waals surface area contributed by atoms with Crippen molar-refractivity contribution in [2.75, 3.05) is 11.3 Å². The van der Waals surface area contributed by atoms with Gasteiger partial charge in [0.2, 0.25) is 0 Å². The van der Waals surface area contributed by atoms with E-state index in [1.54, 1.807) is 12.1 Å². The summed E-state index contributed by atoms with van der Waals surface area (Å²) in [7, 11) is -3.91. The van der Waals surface area contributed by atoms with Crippen LogP contribution in [0.15, 0.2) is 47.4 Å². The molecule has 138 valence electrons. The van der Waals surface area contributed by atoms with Crippen LogP contribution >= 0.6 is 11.6 Å². The smallest absolute Gasteiger partial charge is 0.261 e. The minimum atomic E-state index is -3.91. The lowest BCUT2D eigenvalue weighted by molar-refractivity contribution is 0.0752. The maximum absolute atomic E-state index is 13.2. The highest BCUT2D eigenvalue weighted by atomic mass is 35.5. The van der Waals surface area contributed by atoms with Gasteiger partial charge in [-0.1, -0.05) is 11.6 Å². The van der Waals surface area contributed by atoms with Crippen molar-refractivity contribution < 1.29 is 17.6 Å². The number of hydrogen-bond acceptors (Lipinski definition) is 3. The van der Waals surface area contributed by atoms with Gasteiger partial charge in [0.15, 0.2) is 0 Å². The van der Waals surface area contributed by atoms with Crippen LogP contribution in [-0.4, -0.2) is 31.8 Å². The topological polar surface area (TPSA) is 66.5 Å². The van der Waals surface area contributed by atoms with Gasteiger partial charge in [0.05, 0.1) is 9.92 Å². The molecule has 1 fully saturated rings. The van der Waals surface area contributed by atoms with Crippen molar-refractivity contribution in [3.05, 3.63) is 58.9 Å². The largest absolute Gasteiger partial charge is 0.336 e. The molecular weight excluding hydrogens is 379 g/mol. The lowest BCUT2D eigenvalue weighted by Crippen LogP contribution is -2.32. The van der Waals surface area contributed by atoms with E-state index in [2.05, 4.69) is 4.72 Å². The van der Waals surface area contributed by atoms with E-state index in [1.165, 1.54) is 12.1 Å². The maximum Gasteiger partial charge on any atom is 0.261 e. The molecule has 26 heavy (non-hydrogen) atoms. The molecule has 8 heteroatoms. The average Bonchev–Trinajstić information content (AvgIpc) is 3.43. The molecule has 5 nitrogen and oxygen atoms in total. The summed E-state index contributed by atoms with van der Waals surface area (Å²) >= 11 is 5.64. The van der Waals surface area contributed by atoms with Gasteiger partial charge in [-0.25, -0.2) is 12.8 Å². The van der Waals surface area contributed by atoms with E-state index in [0.29, 0.717) is 23.8 Å². The molecule has 0 unspecified atom stereocenters. The summed E-state index contributed by atoms with van der Waals surface area (Å²) < 4.78 is 40.3. The zero-order valence-electron chi connectivity index (χ0n) is 14.1. The predicted octanol–water partition coefficient (Wildman–Crippen LogP) is 3.90. The molecule has 1 saturated carbocycles. The molecule has 0 aliphatic heterocycles. The zero-order valence-corrected chi connectivity index (χ0v) is 15.6. The minimum Gasteiger partial charge on any atom is -0.336 e. The van der Waals surface area contributed by atoms with E-state index in [0.717, 1.165) is 31.0 Å². The number of sulfonamides is 1. The Morgan fingerprint density at radius 2 is 1.88 bits per heavy atom. The Morgan fingerprint density at radius 1 is 1.23 bits per heavy atom. The number of carbonyl (C=O) groups is 1. The molecule has 0 aromatic heterocycles. The number of anilines is 1. The van der Waals surface area contributed by atoms with Crippen LogP contribution < -0.4 is 4.72 Å². The van der Waals surface area contributed by atoms with Gasteiger partial charge in [0.25, 0.3) is 15.9 Å². The summed E-state index contributed by atoms with van der Waals surface area (Å²) in [4.78, 5) is 14.2. The molecular formula is C18H18ClFN2O3S. The van der Waals surface area contributed by atoms with Crippen molar-refractivity contribution in [3.63, 3.8) is 0 Å². The Kier molecular flexibility index (Phi) is 5.20. The number of nitrogens with one attached hydrogen (secondary N) is 1. The Balaban J connectivity index is 1.76. The summed E-state index contributed by atoms with van der Waals surface area (Å²) in [6.07, 6.45) is 2.05. The normalized spacial score (nSPS) is 14.1. The molecule has 1 amide bonds. The summed E-state index contributed by atoms with van der Waals surface area (Å²) in [6, 6.07) is 9.71. The first-order chi connectivity index (χ1) is 12.3. The van der Waals surface area contributed by atoms with Crippen LogP contribution in [0.25, 0.3) is 0 Å². The molecule has 0 spiro atoms. The van der Waals surface area contributed by atoms with Crippen LogP contribution in [0.4, 0.5) is 10.1 Å². The van der Waals surface area contributed by atoms with Crippen molar-refractivity contribution in [1.29, 1.82) is 0 Å². The third kappa shape index (κ3) is 3.99. The van der Waals surface area contributed by atoms with Gasteiger partial charge in [0, 0.05) is 23.8 Å².